The van der Waals surface area contributed by atoms with Gasteiger partial charge in [-0.05, 0) is 18.6 Å². The van der Waals surface area contributed by atoms with Gasteiger partial charge in [-0.1, -0.05) is 0 Å². The molecule has 0 aromatic heterocycles. The molecule has 6 N–H and O–H groups in total. The van der Waals surface area contributed by atoms with E-state index in [9.17, 15) is 35.4 Å². The summed E-state index contributed by atoms with van der Waals surface area (Å²) < 4.78 is 10.9. The van der Waals surface area contributed by atoms with Gasteiger partial charge in [-0.2, -0.15) is 0 Å². The summed E-state index contributed by atoms with van der Waals surface area (Å²) in [5.41, 5.74) is 0.0223. The summed E-state index contributed by atoms with van der Waals surface area (Å²) in [5, 5.41) is 58.9. The zero-order chi connectivity index (χ0) is 18.3. The maximum atomic E-state index is 12.0. The first-order valence-electron chi connectivity index (χ1n) is 7.89. The number of ketones is 1. The smallest absolute Gasteiger partial charge is 0.187 e. The minimum absolute atomic E-state index is 0.0477. The van der Waals surface area contributed by atoms with Crippen molar-refractivity contribution < 1.29 is 44.9 Å². The molecule has 1 aromatic carbocycles. The van der Waals surface area contributed by atoms with Crippen molar-refractivity contribution in [2.24, 2.45) is 0 Å². The van der Waals surface area contributed by atoms with E-state index < -0.39 is 43.4 Å². The number of rotatable bonds is 3. The van der Waals surface area contributed by atoms with Crippen LogP contribution in [0.2, 0.25) is 0 Å². The van der Waals surface area contributed by atoms with E-state index in [0.29, 0.717) is 0 Å². The van der Waals surface area contributed by atoms with Crippen LogP contribution < -0.4 is 0 Å². The highest BCUT2D eigenvalue weighted by atomic mass is 16.7. The number of carbonyl (C=O) groups is 1. The van der Waals surface area contributed by atoms with Gasteiger partial charge in [-0.3, -0.25) is 4.79 Å². The number of aliphatic hydroxyl groups is 4. The third-order valence-corrected chi connectivity index (χ3v) is 4.58. The second-order valence-corrected chi connectivity index (χ2v) is 6.18. The summed E-state index contributed by atoms with van der Waals surface area (Å²) in [5.74, 6) is -0.896. The lowest BCUT2D eigenvalue weighted by Crippen LogP contribution is -2.59. The minimum Gasteiger partial charge on any atom is -0.508 e. The van der Waals surface area contributed by atoms with Gasteiger partial charge in [0.15, 0.2) is 12.1 Å². The molecule has 1 fully saturated rings. The van der Waals surface area contributed by atoms with E-state index >= 15 is 0 Å². The highest BCUT2D eigenvalue weighted by molar-refractivity contribution is 6.01. The third-order valence-electron chi connectivity index (χ3n) is 4.58. The number of hydrogen-bond acceptors (Lipinski definition) is 9. The van der Waals surface area contributed by atoms with Crippen LogP contribution in [0.25, 0.3) is 0 Å². The van der Waals surface area contributed by atoms with Crippen LogP contribution in [-0.4, -0.2) is 73.7 Å². The van der Waals surface area contributed by atoms with Gasteiger partial charge in [0.2, 0.25) is 0 Å². The number of benzene rings is 1. The lowest BCUT2D eigenvalue weighted by atomic mass is 9.87. The molecule has 3 rings (SSSR count). The van der Waals surface area contributed by atoms with Gasteiger partial charge in [-0.15, -0.1) is 0 Å². The molecule has 138 valence electrons. The molecule has 9 nitrogen and oxygen atoms in total. The van der Waals surface area contributed by atoms with Gasteiger partial charge in [0.05, 0.1) is 18.3 Å². The Kier molecular flexibility index (Phi) is 4.96. The number of carbonyl (C=O) groups excluding carboxylic acids is 1. The number of aromatic hydroxyl groups is 2. The van der Waals surface area contributed by atoms with Gasteiger partial charge in [0, 0.05) is 12.0 Å². The molecule has 1 heterocycles. The SMILES string of the molecule is O=C1CC[C@@H](O[C@@H]2O[C@H](CO)[C@@H](O)[C@H](O)[C@H]2O)c2c(O)ccc(O)c21. The summed E-state index contributed by atoms with van der Waals surface area (Å²) >= 11 is 0. The molecular formula is C16H20O9. The molecule has 0 radical (unpaired) electrons. The average Bonchev–Trinajstić information content (AvgIpc) is 2.60. The highest BCUT2D eigenvalue weighted by Crippen LogP contribution is 2.43. The molecule has 1 saturated heterocycles. The Hall–Kier alpha value is -1.75. The Labute approximate surface area is 142 Å². The Bertz CT molecular complexity index is 659. The number of hydrogen-bond donors (Lipinski definition) is 6. The van der Waals surface area contributed by atoms with Crippen molar-refractivity contribution in [3.05, 3.63) is 23.3 Å². The highest BCUT2D eigenvalue weighted by Gasteiger charge is 2.45. The second-order valence-electron chi connectivity index (χ2n) is 6.18. The molecule has 0 spiro atoms. The van der Waals surface area contributed by atoms with Gasteiger partial charge in [-0.25, -0.2) is 0 Å². The van der Waals surface area contributed by atoms with Crippen LogP contribution in [-0.2, 0) is 9.47 Å². The molecule has 6 atom stereocenters. The Morgan fingerprint density at radius 1 is 1.08 bits per heavy atom. The zero-order valence-corrected chi connectivity index (χ0v) is 13.1. The first-order valence-corrected chi connectivity index (χ1v) is 7.89. The summed E-state index contributed by atoms with van der Waals surface area (Å²) in [7, 11) is 0. The Morgan fingerprint density at radius 3 is 2.44 bits per heavy atom. The monoisotopic (exact) mass is 356 g/mol. The van der Waals surface area contributed by atoms with Crippen LogP contribution in [0, 0.1) is 0 Å². The summed E-state index contributed by atoms with van der Waals surface area (Å²) in [6, 6.07) is 2.42. The molecule has 2 aliphatic rings. The fraction of sp³-hybridized carbons (Fsp3) is 0.562. The number of Topliss-reactive ketones (excluding diaryl/α,β-unsaturated/α-hetero) is 1. The minimum atomic E-state index is -1.60. The van der Waals surface area contributed by atoms with Crippen LogP contribution >= 0.6 is 0 Å². The standard InChI is InChI=1S/C16H20O9/c17-5-10-13(21)14(22)15(23)16(25-10)24-9-4-3-7(19)11-6(18)1-2-8(20)12(9)11/h1-2,9-10,13-18,20-23H,3-5H2/t9-,10-,13-,14+,15-,16-/m1/s1. The molecule has 0 saturated carbocycles. The molecule has 0 amide bonds. The fourth-order valence-corrected chi connectivity index (χ4v) is 3.23. The summed E-state index contributed by atoms with van der Waals surface area (Å²) in [4.78, 5) is 12.0. The number of ether oxygens (including phenoxy) is 2. The predicted octanol–water partition coefficient (Wildman–Crippen LogP) is -1.07. The van der Waals surface area contributed by atoms with E-state index in [2.05, 4.69) is 0 Å². The fourth-order valence-electron chi connectivity index (χ4n) is 3.23. The van der Waals surface area contributed by atoms with Crippen LogP contribution in [0.5, 0.6) is 11.5 Å². The van der Waals surface area contributed by atoms with Crippen molar-refractivity contribution in [2.75, 3.05) is 6.61 Å². The van der Waals surface area contributed by atoms with E-state index in [1.807, 2.05) is 0 Å². The Balaban J connectivity index is 1.88. The molecule has 0 unspecified atom stereocenters. The maximum absolute atomic E-state index is 12.0. The molecule has 1 aliphatic heterocycles. The molecular weight excluding hydrogens is 336 g/mol. The quantitative estimate of drug-likeness (QED) is 0.371. The van der Waals surface area contributed by atoms with Crippen molar-refractivity contribution in [3.63, 3.8) is 0 Å². The van der Waals surface area contributed by atoms with Gasteiger partial charge >= 0.3 is 0 Å². The van der Waals surface area contributed by atoms with Crippen molar-refractivity contribution in [1.29, 1.82) is 0 Å². The number of fused-ring (bicyclic) bond motifs is 1. The van der Waals surface area contributed by atoms with E-state index in [1.165, 1.54) is 12.1 Å². The van der Waals surface area contributed by atoms with Crippen LogP contribution in [0.15, 0.2) is 12.1 Å². The topological polar surface area (TPSA) is 157 Å². The van der Waals surface area contributed by atoms with Crippen molar-refractivity contribution >= 4 is 5.78 Å². The van der Waals surface area contributed by atoms with Gasteiger partial charge in [0.25, 0.3) is 0 Å². The molecule has 1 aliphatic carbocycles. The zero-order valence-electron chi connectivity index (χ0n) is 13.1. The molecule has 9 heteroatoms. The second kappa shape index (κ2) is 6.87. The first kappa shape index (κ1) is 18.1. The van der Waals surface area contributed by atoms with Gasteiger partial charge in [0.1, 0.15) is 35.9 Å². The van der Waals surface area contributed by atoms with E-state index in [1.54, 1.807) is 0 Å². The average molecular weight is 356 g/mol. The summed E-state index contributed by atoms with van der Waals surface area (Å²) in [6.07, 6.45) is -7.92. The molecule has 0 bridgehead atoms. The Morgan fingerprint density at radius 2 is 1.76 bits per heavy atom. The number of phenols is 2. The largest absolute Gasteiger partial charge is 0.508 e. The van der Waals surface area contributed by atoms with Crippen molar-refractivity contribution in [3.8, 4) is 11.5 Å². The number of aliphatic hydroxyl groups excluding tert-OH is 4. The molecule has 25 heavy (non-hydrogen) atoms. The van der Waals surface area contributed by atoms with Gasteiger partial charge < -0.3 is 40.1 Å². The van der Waals surface area contributed by atoms with Crippen LogP contribution in [0.3, 0.4) is 0 Å². The lowest BCUT2D eigenvalue weighted by molar-refractivity contribution is -0.313. The van der Waals surface area contributed by atoms with Crippen molar-refractivity contribution in [2.45, 2.75) is 49.7 Å². The van der Waals surface area contributed by atoms with E-state index in [4.69, 9.17) is 9.47 Å². The number of phenolic OH excluding ortho intramolecular Hbond substituents is 2. The maximum Gasteiger partial charge on any atom is 0.187 e. The lowest BCUT2D eigenvalue weighted by Gasteiger charge is -2.41. The van der Waals surface area contributed by atoms with E-state index in [0.717, 1.165) is 0 Å². The van der Waals surface area contributed by atoms with E-state index in [-0.39, 0.29) is 41.3 Å². The summed E-state index contributed by atoms with van der Waals surface area (Å²) in [6.45, 7) is -0.601. The van der Waals surface area contributed by atoms with Crippen LogP contribution in [0.1, 0.15) is 34.9 Å². The normalized spacial score (nSPS) is 35.4. The molecule has 1 aromatic rings. The predicted molar refractivity (Wildman–Crippen MR) is 80.9 cm³/mol. The first-order chi connectivity index (χ1) is 11.8. The van der Waals surface area contributed by atoms with Crippen molar-refractivity contribution in [1.82, 2.24) is 0 Å². The third kappa shape index (κ3) is 3.10. The van der Waals surface area contributed by atoms with Crippen LogP contribution in [0.4, 0.5) is 0 Å².